The van der Waals surface area contributed by atoms with E-state index >= 15 is 0 Å². The van der Waals surface area contributed by atoms with Crippen LogP contribution in [0, 0.1) is 6.92 Å². The SMILES string of the molecule is CCCCN(C)c1cc(Nc2cc(C)[nH]n2)nc(-c2cc(Cl)cc(Cl)c2)n1. The van der Waals surface area contributed by atoms with Crippen molar-refractivity contribution in [3.8, 4) is 11.4 Å². The van der Waals surface area contributed by atoms with Gasteiger partial charge in [0.25, 0.3) is 0 Å². The van der Waals surface area contributed by atoms with Crippen LogP contribution in [0.2, 0.25) is 10.0 Å². The van der Waals surface area contributed by atoms with Gasteiger partial charge in [0.2, 0.25) is 0 Å². The van der Waals surface area contributed by atoms with Crippen LogP contribution in [0.15, 0.2) is 30.3 Å². The predicted octanol–water partition coefficient (Wildman–Crippen LogP) is 5.46. The average molecular weight is 405 g/mol. The highest BCUT2D eigenvalue weighted by Crippen LogP contribution is 2.28. The number of hydrogen-bond donors (Lipinski definition) is 2. The van der Waals surface area contributed by atoms with Crippen LogP contribution >= 0.6 is 23.2 Å². The van der Waals surface area contributed by atoms with Crippen molar-refractivity contribution in [3.63, 3.8) is 0 Å². The summed E-state index contributed by atoms with van der Waals surface area (Å²) in [4.78, 5) is 11.5. The lowest BCUT2D eigenvalue weighted by molar-refractivity contribution is 0.759. The van der Waals surface area contributed by atoms with Gasteiger partial charge in [-0.2, -0.15) is 5.10 Å². The lowest BCUT2D eigenvalue weighted by Gasteiger charge is -2.19. The summed E-state index contributed by atoms with van der Waals surface area (Å²) >= 11 is 12.3. The maximum atomic E-state index is 6.16. The highest BCUT2D eigenvalue weighted by Gasteiger charge is 2.12. The Kier molecular flexibility index (Phi) is 6.19. The zero-order valence-electron chi connectivity index (χ0n) is 15.6. The van der Waals surface area contributed by atoms with Crippen molar-refractivity contribution < 1.29 is 0 Å². The molecule has 2 heterocycles. The number of H-pyrrole nitrogens is 1. The normalized spacial score (nSPS) is 10.9. The molecule has 0 unspecified atom stereocenters. The maximum Gasteiger partial charge on any atom is 0.163 e. The van der Waals surface area contributed by atoms with E-state index in [1.807, 2.05) is 26.1 Å². The number of unbranched alkanes of at least 4 members (excludes halogenated alkanes) is 1. The molecular weight excluding hydrogens is 383 g/mol. The zero-order valence-corrected chi connectivity index (χ0v) is 17.1. The summed E-state index contributed by atoms with van der Waals surface area (Å²) in [6.07, 6.45) is 2.20. The van der Waals surface area contributed by atoms with Gasteiger partial charge in [0.05, 0.1) is 0 Å². The largest absolute Gasteiger partial charge is 0.359 e. The number of anilines is 3. The summed E-state index contributed by atoms with van der Waals surface area (Å²) < 4.78 is 0. The minimum absolute atomic E-state index is 0.545. The molecule has 142 valence electrons. The summed E-state index contributed by atoms with van der Waals surface area (Å²) in [6.45, 7) is 5.02. The van der Waals surface area contributed by atoms with E-state index in [0.29, 0.717) is 27.5 Å². The quantitative estimate of drug-likeness (QED) is 0.546. The molecule has 0 atom stereocenters. The molecule has 0 spiro atoms. The first-order chi connectivity index (χ1) is 12.9. The fourth-order valence-electron chi connectivity index (χ4n) is 2.63. The van der Waals surface area contributed by atoms with Crippen molar-refractivity contribution in [1.29, 1.82) is 0 Å². The number of aromatic amines is 1. The topological polar surface area (TPSA) is 69.7 Å². The van der Waals surface area contributed by atoms with Crippen molar-refractivity contribution in [2.45, 2.75) is 26.7 Å². The molecule has 0 aliphatic heterocycles. The number of aryl methyl sites for hydroxylation is 1. The number of nitrogens with zero attached hydrogens (tertiary/aromatic N) is 4. The Bertz CT molecular complexity index is 904. The van der Waals surface area contributed by atoms with Gasteiger partial charge in [-0.15, -0.1) is 0 Å². The monoisotopic (exact) mass is 404 g/mol. The van der Waals surface area contributed by atoms with Crippen LogP contribution in [-0.4, -0.2) is 33.8 Å². The average Bonchev–Trinajstić information content (AvgIpc) is 3.03. The Balaban J connectivity index is 2.01. The first kappa shape index (κ1) is 19.5. The minimum atomic E-state index is 0.545. The molecule has 0 amide bonds. The number of hydrogen-bond acceptors (Lipinski definition) is 5. The lowest BCUT2D eigenvalue weighted by Crippen LogP contribution is -2.20. The van der Waals surface area contributed by atoms with Gasteiger partial charge in [-0.05, 0) is 31.5 Å². The third-order valence-electron chi connectivity index (χ3n) is 4.03. The second-order valence-corrected chi connectivity index (χ2v) is 7.30. The Morgan fingerprint density at radius 3 is 2.41 bits per heavy atom. The molecule has 3 rings (SSSR count). The third kappa shape index (κ3) is 5.11. The summed E-state index contributed by atoms with van der Waals surface area (Å²) in [6, 6.07) is 9.13. The number of benzene rings is 1. The van der Waals surface area contributed by atoms with Gasteiger partial charge in [-0.3, -0.25) is 5.10 Å². The summed E-state index contributed by atoms with van der Waals surface area (Å²) in [5, 5.41) is 11.4. The minimum Gasteiger partial charge on any atom is -0.359 e. The molecule has 2 aromatic heterocycles. The Labute approximate surface area is 168 Å². The molecule has 0 radical (unpaired) electrons. The molecule has 3 aromatic rings. The Morgan fingerprint density at radius 2 is 1.78 bits per heavy atom. The molecule has 0 saturated heterocycles. The van der Waals surface area contributed by atoms with Crippen molar-refractivity contribution in [1.82, 2.24) is 20.2 Å². The molecule has 0 bridgehead atoms. The van der Waals surface area contributed by atoms with Crippen LogP contribution in [-0.2, 0) is 0 Å². The molecule has 8 heteroatoms. The standard InChI is InChI=1S/C19H22Cl2N6/c1-4-5-6-27(3)18-11-16(22-17-7-12(2)25-26-17)23-19(24-18)13-8-14(20)10-15(21)9-13/h7-11H,4-6H2,1-3H3,(H2,22,23,24,25,26). The zero-order chi connectivity index (χ0) is 19.4. The summed E-state index contributed by atoms with van der Waals surface area (Å²) in [7, 11) is 2.02. The molecule has 2 N–H and O–H groups in total. The lowest BCUT2D eigenvalue weighted by atomic mass is 10.2. The van der Waals surface area contributed by atoms with Gasteiger partial charge in [0, 0.05) is 47.0 Å². The summed E-state index contributed by atoms with van der Waals surface area (Å²) in [5.41, 5.74) is 1.73. The van der Waals surface area contributed by atoms with E-state index in [2.05, 4.69) is 32.3 Å². The highest BCUT2D eigenvalue weighted by atomic mass is 35.5. The highest BCUT2D eigenvalue weighted by molar-refractivity contribution is 6.35. The van der Waals surface area contributed by atoms with Gasteiger partial charge < -0.3 is 10.2 Å². The predicted molar refractivity (Wildman–Crippen MR) is 112 cm³/mol. The van der Waals surface area contributed by atoms with Crippen LogP contribution in [0.4, 0.5) is 17.5 Å². The van der Waals surface area contributed by atoms with Crippen molar-refractivity contribution in [2.75, 3.05) is 23.8 Å². The van der Waals surface area contributed by atoms with Gasteiger partial charge in [0.1, 0.15) is 11.6 Å². The first-order valence-corrected chi connectivity index (χ1v) is 9.56. The number of rotatable bonds is 7. The second kappa shape index (κ2) is 8.59. The van der Waals surface area contributed by atoms with E-state index in [0.717, 1.165) is 36.5 Å². The Morgan fingerprint density at radius 1 is 1.04 bits per heavy atom. The fraction of sp³-hybridized carbons (Fsp3) is 0.316. The van der Waals surface area contributed by atoms with E-state index in [4.69, 9.17) is 28.2 Å². The van der Waals surface area contributed by atoms with E-state index in [9.17, 15) is 0 Å². The van der Waals surface area contributed by atoms with E-state index in [-0.39, 0.29) is 0 Å². The fourth-order valence-corrected chi connectivity index (χ4v) is 3.16. The van der Waals surface area contributed by atoms with Gasteiger partial charge in [-0.1, -0.05) is 36.5 Å². The van der Waals surface area contributed by atoms with E-state index < -0.39 is 0 Å². The van der Waals surface area contributed by atoms with Crippen LogP contribution in [0.1, 0.15) is 25.5 Å². The molecule has 0 fully saturated rings. The van der Waals surface area contributed by atoms with Crippen LogP contribution in [0.25, 0.3) is 11.4 Å². The smallest absolute Gasteiger partial charge is 0.163 e. The van der Waals surface area contributed by atoms with Gasteiger partial charge >= 0.3 is 0 Å². The third-order valence-corrected chi connectivity index (χ3v) is 4.47. The number of aromatic nitrogens is 4. The number of halogens is 2. The molecule has 6 nitrogen and oxygen atoms in total. The van der Waals surface area contributed by atoms with Crippen LogP contribution in [0.5, 0.6) is 0 Å². The maximum absolute atomic E-state index is 6.16. The Hall–Kier alpha value is -2.31. The molecule has 0 aliphatic carbocycles. The van der Waals surface area contributed by atoms with Gasteiger partial charge in [-0.25, -0.2) is 9.97 Å². The van der Waals surface area contributed by atoms with Crippen molar-refractivity contribution in [2.24, 2.45) is 0 Å². The van der Waals surface area contributed by atoms with Crippen LogP contribution < -0.4 is 10.2 Å². The van der Waals surface area contributed by atoms with Crippen LogP contribution in [0.3, 0.4) is 0 Å². The van der Waals surface area contributed by atoms with E-state index in [1.54, 1.807) is 18.2 Å². The van der Waals surface area contributed by atoms with Crippen molar-refractivity contribution in [3.05, 3.63) is 46.1 Å². The molecule has 0 aliphatic rings. The van der Waals surface area contributed by atoms with Crippen molar-refractivity contribution >= 4 is 40.7 Å². The summed E-state index contributed by atoms with van der Waals surface area (Å²) in [5.74, 6) is 2.72. The first-order valence-electron chi connectivity index (χ1n) is 8.80. The molecule has 1 aromatic carbocycles. The van der Waals surface area contributed by atoms with Gasteiger partial charge in [0.15, 0.2) is 11.6 Å². The van der Waals surface area contributed by atoms with E-state index in [1.165, 1.54) is 0 Å². The molecule has 27 heavy (non-hydrogen) atoms. The second-order valence-electron chi connectivity index (χ2n) is 6.43. The molecular formula is C19H22Cl2N6. The molecule has 0 saturated carbocycles. The number of nitrogens with one attached hydrogen (secondary N) is 2.